The summed E-state index contributed by atoms with van der Waals surface area (Å²) in [6.07, 6.45) is 4.63. The Morgan fingerprint density at radius 3 is 2.45 bits per heavy atom. The summed E-state index contributed by atoms with van der Waals surface area (Å²) >= 11 is 6.71. The molecule has 0 spiro atoms. The number of halogens is 1. The molecule has 3 rings (SSSR count). The third-order valence-corrected chi connectivity index (χ3v) is 5.81. The Labute approximate surface area is 200 Å². The van der Waals surface area contributed by atoms with E-state index in [-0.39, 0.29) is 13.1 Å². The number of thioether (sulfide) groups is 1. The molecule has 1 unspecified atom stereocenters. The summed E-state index contributed by atoms with van der Waals surface area (Å²) < 4.78 is 0. The molecule has 2 aromatic carbocycles. The minimum Gasteiger partial charge on any atom is -0.353 e. The minimum absolute atomic E-state index is 0.0307. The van der Waals surface area contributed by atoms with E-state index in [0.717, 1.165) is 27.8 Å². The van der Waals surface area contributed by atoms with Gasteiger partial charge in [0.05, 0.1) is 4.91 Å². The van der Waals surface area contributed by atoms with Crippen LogP contribution in [0.4, 0.5) is 4.79 Å². The summed E-state index contributed by atoms with van der Waals surface area (Å²) in [5.74, 6) is -1.23. The van der Waals surface area contributed by atoms with Gasteiger partial charge in [0.2, 0.25) is 11.8 Å². The van der Waals surface area contributed by atoms with Crippen molar-refractivity contribution in [2.45, 2.75) is 13.0 Å². The first kappa shape index (κ1) is 24.3. The second kappa shape index (κ2) is 11.5. The quantitative estimate of drug-likeness (QED) is 0.558. The van der Waals surface area contributed by atoms with E-state index in [1.807, 2.05) is 30.3 Å². The number of imide groups is 1. The average molecular weight is 484 g/mol. The SMILES string of the molecule is CC(NC(=O)C=Cc1ccccc1)C(=O)NCCN1C(=O)SC(=Cc2ccc(Cl)cc2)C1=O. The van der Waals surface area contributed by atoms with Crippen LogP contribution in [0.15, 0.2) is 65.6 Å². The standard InChI is InChI=1S/C24H22ClN3O4S/c1-16(27-21(29)12-9-17-5-3-2-4-6-17)22(30)26-13-14-28-23(31)20(33-24(28)32)15-18-7-10-19(25)11-8-18/h2-12,15-16H,13-14H2,1H3,(H,26,30)(H,27,29). The molecule has 4 amide bonds. The highest BCUT2D eigenvalue weighted by Crippen LogP contribution is 2.32. The molecule has 9 heteroatoms. The number of hydrogen-bond acceptors (Lipinski definition) is 5. The Morgan fingerprint density at radius 1 is 1.06 bits per heavy atom. The fourth-order valence-corrected chi connectivity index (χ4v) is 3.90. The van der Waals surface area contributed by atoms with Crippen LogP contribution >= 0.6 is 23.4 Å². The lowest BCUT2D eigenvalue weighted by molar-refractivity contribution is -0.127. The summed E-state index contributed by atoms with van der Waals surface area (Å²) in [5.41, 5.74) is 1.62. The Morgan fingerprint density at radius 2 is 1.76 bits per heavy atom. The van der Waals surface area contributed by atoms with Crippen molar-refractivity contribution >= 4 is 58.5 Å². The Bertz CT molecular complexity index is 1100. The van der Waals surface area contributed by atoms with Crippen LogP contribution < -0.4 is 10.6 Å². The van der Waals surface area contributed by atoms with E-state index in [0.29, 0.717) is 9.93 Å². The van der Waals surface area contributed by atoms with Gasteiger partial charge in [-0.15, -0.1) is 0 Å². The predicted octanol–water partition coefficient (Wildman–Crippen LogP) is 3.71. The zero-order valence-corrected chi connectivity index (χ0v) is 19.4. The summed E-state index contributed by atoms with van der Waals surface area (Å²) in [5, 5.41) is 5.39. The number of hydrogen-bond donors (Lipinski definition) is 2. The number of nitrogens with one attached hydrogen (secondary N) is 2. The number of rotatable bonds is 8. The molecule has 7 nitrogen and oxygen atoms in total. The molecule has 0 aliphatic carbocycles. The number of nitrogens with zero attached hydrogens (tertiary/aromatic N) is 1. The van der Waals surface area contributed by atoms with Crippen LogP contribution in [-0.4, -0.2) is 47.0 Å². The molecular weight excluding hydrogens is 462 g/mol. The highest BCUT2D eigenvalue weighted by molar-refractivity contribution is 8.18. The molecule has 1 heterocycles. The van der Waals surface area contributed by atoms with Crippen LogP contribution in [0.3, 0.4) is 0 Å². The van der Waals surface area contributed by atoms with Crippen molar-refractivity contribution in [3.63, 3.8) is 0 Å². The van der Waals surface area contributed by atoms with Gasteiger partial charge in [-0.2, -0.15) is 0 Å². The van der Waals surface area contributed by atoms with Gasteiger partial charge in [-0.3, -0.25) is 24.1 Å². The molecule has 2 aromatic rings. The van der Waals surface area contributed by atoms with Crippen LogP contribution in [0.5, 0.6) is 0 Å². The van der Waals surface area contributed by atoms with Crippen LogP contribution in [0, 0.1) is 0 Å². The summed E-state index contributed by atoms with van der Waals surface area (Å²) in [6.45, 7) is 1.66. The fraction of sp³-hybridized carbons (Fsp3) is 0.167. The maximum absolute atomic E-state index is 12.5. The van der Waals surface area contributed by atoms with Crippen molar-refractivity contribution in [2.24, 2.45) is 0 Å². The van der Waals surface area contributed by atoms with Gasteiger partial charge in [-0.05, 0) is 54.1 Å². The largest absolute Gasteiger partial charge is 0.353 e. The third kappa shape index (κ3) is 7.06. The van der Waals surface area contributed by atoms with E-state index in [9.17, 15) is 19.2 Å². The normalized spacial score (nSPS) is 15.8. The maximum Gasteiger partial charge on any atom is 0.293 e. The molecule has 1 fully saturated rings. The molecule has 33 heavy (non-hydrogen) atoms. The highest BCUT2D eigenvalue weighted by Gasteiger charge is 2.34. The highest BCUT2D eigenvalue weighted by atomic mass is 35.5. The summed E-state index contributed by atoms with van der Waals surface area (Å²) in [6, 6.07) is 15.4. The lowest BCUT2D eigenvalue weighted by Crippen LogP contribution is -2.46. The van der Waals surface area contributed by atoms with E-state index in [1.165, 1.54) is 6.08 Å². The molecule has 170 valence electrons. The van der Waals surface area contributed by atoms with Gasteiger partial charge in [-0.1, -0.05) is 54.1 Å². The molecule has 0 saturated carbocycles. The van der Waals surface area contributed by atoms with Gasteiger partial charge in [0, 0.05) is 24.2 Å². The van der Waals surface area contributed by atoms with E-state index in [2.05, 4.69) is 10.6 Å². The van der Waals surface area contributed by atoms with E-state index in [4.69, 9.17) is 11.6 Å². The number of benzene rings is 2. The number of amides is 4. The average Bonchev–Trinajstić information content (AvgIpc) is 3.07. The molecular formula is C24H22ClN3O4S. The molecule has 0 bridgehead atoms. The smallest absolute Gasteiger partial charge is 0.293 e. The second-order valence-corrected chi connectivity index (χ2v) is 8.58. The first-order valence-electron chi connectivity index (χ1n) is 10.2. The van der Waals surface area contributed by atoms with Crippen molar-refractivity contribution in [3.05, 3.63) is 81.7 Å². The van der Waals surface area contributed by atoms with E-state index < -0.39 is 29.0 Å². The zero-order chi connectivity index (χ0) is 23.8. The maximum atomic E-state index is 12.5. The first-order chi connectivity index (χ1) is 15.8. The van der Waals surface area contributed by atoms with Crippen molar-refractivity contribution < 1.29 is 19.2 Å². The van der Waals surface area contributed by atoms with Crippen molar-refractivity contribution in [2.75, 3.05) is 13.1 Å². The molecule has 0 radical (unpaired) electrons. The molecule has 1 aliphatic heterocycles. The number of carbonyl (C=O) groups is 4. The van der Waals surface area contributed by atoms with E-state index >= 15 is 0 Å². The lowest BCUT2D eigenvalue weighted by atomic mass is 10.2. The van der Waals surface area contributed by atoms with Gasteiger partial charge in [-0.25, -0.2) is 0 Å². The van der Waals surface area contributed by atoms with Gasteiger partial charge in [0.1, 0.15) is 6.04 Å². The molecule has 1 aliphatic rings. The Hall–Kier alpha value is -3.36. The molecule has 1 atom stereocenters. The van der Waals surface area contributed by atoms with Crippen molar-refractivity contribution in [3.8, 4) is 0 Å². The predicted molar refractivity (Wildman–Crippen MR) is 130 cm³/mol. The molecule has 2 N–H and O–H groups in total. The van der Waals surface area contributed by atoms with Gasteiger partial charge in [0.15, 0.2) is 0 Å². The number of carbonyl (C=O) groups excluding carboxylic acids is 4. The topological polar surface area (TPSA) is 95.6 Å². The van der Waals surface area contributed by atoms with Crippen LogP contribution in [-0.2, 0) is 14.4 Å². The molecule has 0 aromatic heterocycles. The van der Waals surface area contributed by atoms with E-state index in [1.54, 1.807) is 43.3 Å². The van der Waals surface area contributed by atoms with Crippen LogP contribution in [0.2, 0.25) is 5.02 Å². The van der Waals surface area contributed by atoms with Gasteiger partial charge < -0.3 is 10.6 Å². The van der Waals surface area contributed by atoms with Gasteiger partial charge in [0.25, 0.3) is 11.1 Å². The first-order valence-corrected chi connectivity index (χ1v) is 11.3. The second-order valence-electron chi connectivity index (χ2n) is 7.15. The molecule has 1 saturated heterocycles. The Kier molecular flexibility index (Phi) is 8.46. The lowest BCUT2D eigenvalue weighted by Gasteiger charge is -2.16. The zero-order valence-electron chi connectivity index (χ0n) is 17.8. The van der Waals surface area contributed by atoms with Crippen molar-refractivity contribution in [1.29, 1.82) is 0 Å². The summed E-state index contributed by atoms with van der Waals surface area (Å²) in [4.78, 5) is 50.4. The fourth-order valence-electron chi connectivity index (χ4n) is 2.91. The summed E-state index contributed by atoms with van der Waals surface area (Å²) in [7, 11) is 0. The third-order valence-electron chi connectivity index (χ3n) is 4.65. The van der Waals surface area contributed by atoms with Crippen LogP contribution in [0.1, 0.15) is 18.1 Å². The van der Waals surface area contributed by atoms with Crippen LogP contribution in [0.25, 0.3) is 12.2 Å². The monoisotopic (exact) mass is 483 g/mol. The van der Waals surface area contributed by atoms with Gasteiger partial charge >= 0.3 is 0 Å². The Balaban J connectivity index is 1.46. The minimum atomic E-state index is -0.780. The van der Waals surface area contributed by atoms with Crippen molar-refractivity contribution in [1.82, 2.24) is 15.5 Å².